The van der Waals surface area contributed by atoms with E-state index in [-0.39, 0.29) is 5.91 Å². The van der Waals surface area contributed by atoms with Gasteiger partial charge in [0.2, 0.25) is 5.91 Å². The molecule has 20 heavy (non-hydrogen) atoms. The molecule has 0 saturated carbocycles. The van der Waals surface area contributed by atoms with Crippen molar-refractivity contribution in [3.63, 3.8) is 0 Å². The molecular formula is C17H26N2O. The summed E-state index contributed by atoms with van der Waals surface area (Å²) in [6.45, 7) is 5.55. The molecule has 3 heteroatoms. The molecule has 0 aliphatic carbocycles. The highest BCUT2D eigenvalue weighted by Gasteiger charge is 2.19. The fourth-order valence-electron chi connectivity index (χ4n) is 2.79. The summed E-state index contributed by atoms with van der Waals surface area (Å²) in [6.07, 6.45) is 4.76. The number of hydrogen-bond acceptors (Lipinski definition) is 2. The summed E-state index contributed by atoms with van der Waals surface area (Å²) in [5.41, 5.74) is 1.32. The predicted molar refractivity (Wildman–Crippen MR) is 82.7 cm³/mol. The van der Waals surface area contributed by atoms with E-state index in [1.807, 2.05) is 6.07 Å². The van der Waals surface area contributed by atoms with E-state index >= 15 is 0 Å². The maximum Gasteiger partial charge on any atom is 0.220 e. The summed E-state index contributed by atoms with van der Waals surface area (Å²) < 4.78 is 0. The Balaban J connectivity index is 1.61. The molecule has 1 fully saturated rings. The van der Waals surface area contributed by atoms with E-state index in [1.54, 1.807) is 0 Å². The molecule has 1 amide bonds. The molecule has 2 rings (SSSR count). The van der Waals surface area contributed by atoms with Crippen molar-refractivity contribution in [3.8, 4) is 0 Å². The van der Waals surface area contributed by atoms with Crippen LogP contribution in [-0.4, -0.2) is 36.5 Å². The van der Waals surface area contributed by atoms with Gasteiger partial charge in [0.25, 0.3) is 0 Å². The molecule has 1 aromatic rings. The molecule has 0 bridgehead atoms. The second-order valence-corrected chi connectivity index (χ2v) is 5.62. The van der Waals surface area contributed by atoms with Crippen LogP contribution in [0.15, 0.2) is 30.3 Å². The number of rotatable bonds is 6. The lowest BCUT2D eigenvalue weighted by molar-refractivity contribution is -0.122. The first-order valence-corrected chi connectivity index (χ1v) is 7.83. The zero-order chi connectivity index (χ0) is 14.2. The summed E-state index contributed by atoms with van der Waals surface area (Å²) in [7, 11) is 0. The Morgan fingerprint density at radius 3 is 2.60 bits per heavy atom. The normalized spacial score (nSPS) is 17.1. The highest BCUT2D eigenvalue weighted by atomic mass is 16.1. The molecule has 0 spiro atoms. The number of nitrogens with one attached hydrogen (secondary N) is 1. The van der Waals surface area contributed by atoms with Crippen molar-refractivity contribution in [2.24, 2.45) is 0 Å². The molecule has 3 nitrogen and oxygen atoms in total. The van der Waals surface area contributed by atoms with Crippen molar-refractivity contribution in [2.75, 3.05) is 19.6 Å². The van der Waals surface area contributed by atoms with Gasteiger partial charge < -0.3 is 10.2 Å². The van der Waals surface area contributed by atoms with Crippen LogP contribution in [0.3, 0.4) is 0 Å². The first-order chi connectivity index (χ1) is 9.78. The first-order valence-electron chi connectivity index (χ1n) is 7.83. The molecule has 1 saturated heterocycles. The SMILES string of the molecule is CCN1CCC(NC(=O)CCCc2ccccc2)CC1. The van der Waals surface area contributed by atoms with Crippen LogP contribution in [0.5, 0.6) is 0 Å². The van der Waals surface area contributed by atoms with Crippen molar-refractivity contribution < 1.29 is 4.79 Å². The molecular weight excluding hydrogens is 248 g/mol. The number of piperidine rings is 1. The van der Waals surface area contributed by atoms with Gasteiger partial charge in [-0.15, -0.1) is 0 Å². The molecule has 110 valence electrons. The highest BCUT2D eigenvalue weighted by molar-refractivity contribution is 5.76. The van der Waals surface area contributed by atoms with Gasteiger partial charge in [0.15, 0.2) is 0 Å². The van der Waals surface area contributed by atoms with Gasteiger partial charge in [0.1, 0.15) is 0 Å². The van der Waals surface area contributed by atoms with Crippen molar-refractivity contribution in [1.82, 2.24) is 10.2 Å². The third-order valence-electron chi connectivity index (χ3n) is 4.11. The van der Waals surface area contributed by atoms with Crippen LogP contribution in [0, 0.1) is 0 Å². The Labute approximate surface area is 122 Å². The Morgan fingerprint density at radius 2 is 1.95 bits per heavy atom. The fraction of sp³-hybridized carbons (Fsp3) is 0.588. The Bertz CT molecular complexity index is 397. The highest BCUT2D eigenvalue weighted by Crippen LogP contribution is 2.10. The van der Waals surface area contributed by atoms with E-state index in [9.17, 15) is 4.79 Å². The number of nitrogens with zero attached hydrogens (tertiary/aromatic N) is 1. The van der Waals surface area contributed by atoms with Crippen LogP contribution in [0.1, 0.15) is 38.2 Å². The summed E-state index contributed by atoms with van der Waals surface area (Å²) >= 11 is 0. The molecule has 0 aromatic heterocycles. The van der Waals surface area contributed by atoms with E-state index in [1.165, 1.54) is 5.56 Å². The van der Waals surface area contributed by atoms with E-state index in [2.05, 4.69) is 41.4 Å². The third-order valence-corrected chi connectivity index (χ3v) is 4.11. The number of benzene rings is 1. The minimum atomic E-state index is 0.218. The molecule has 1 aliphatic heterocycles. The topological polar surface area (TPSA) is 32.3 Å². The zero-order valence-electron chi connectivity index (χ0n) is 12.5. The number of carbonyl (C=O) groups is 1. The Morgan fingerprint density at radius 1 is 1.25 bits per heavy atom. The summed E-state index contributed by atoms with van der Waals surface area (Å²) in [6, 6.07) is 10.8. The lowest BCUT2D eigenvalue weighted by atomic mass is 10.0. The molecule has 1 heterocycles. The first kappa shape index (κ1) is 15.0. The average Bonchev–Trinajstić information content (AvgIpc) is 2.49. The standard InChI is InChI=1S/C17H26N2O/c1-2-19-13-11-16(12-14-19)18-17(20)10-6-9-15-7-4-3-5-8-15/h3-5,7-8,16H,2,6,9-14H2,1H3,(H,18,20). The predicted octanol–water partition coefficient (Wildman–Crippen LogP) is 2.61. The van der Waals surface area contributed by atoms with E-state index in [4.69, 9.17) is 0 Å². The maximum absolute atomic E-state index is 11.9. The molecule has 0 unspecified atom stereocenters. The van der Waals surface area contributed by atoms with E-state index < -0.39 is 0 Å². The van der Waals surface area contributed by atoms with Gasteiger partial charge in [-0.1, -0.05) is 37.3 Å². The summed E-state index contributed by atoms with van der Waals surface area (Å²) in [5.74, 6) is 0.218. The lowest BCUT2D eigenvalue weighted by Crippen LogP contribution is -2.44. The van der Waals surface area contributed by atoms with Crippen LogP contribution in [0.4, 0.5) is 0 Å². The Kier molecular flexibility index (Phi) is 6.06. The van der Waals surface area contributed by atoms with E-state index in [0.717, 1.165) is 45.3 Å². The summed E-state index contributed by atoms with van der Waals surface area (Å²) in [4.78, 5) is 14.4. The minimum Gasteiger partial charge on any atom is -0.353 e. The Hall–Kier alpha value is -1.35. The van der Waals surface area contributed by atoms with Gasteiger partial charge in [0, 0.05) is 25.6 Å². The molecule has 1 aromatic carbocycles. The number of carbonyl (C=O) groups excluding carboxylic acids is 1. The van der Waals surface area contributed by atoms with Crippen molar-refractivity contribution in [1.29, 1.82) is 0 Å². The average molecular weight is 274 g/mol. The van der Waals surface area contributed by atoms with Crippen LogP contribution < -0.4 is 5.32 Å². The van der Waals surface area contributed by atoms with Crippen LogP contribution >= 0.6 is 0 Å². The lowest BCUT2D eigenvalue weighted by Gasteiger charge is -2.31. The second-order valence-electron chi connectivity index (χ2n) is 5.62. The molecule has 1 N–H and O–H groups in total. The maximum atomic E-state index is 11.9. The van der Waals surface area contributed by atoms with E-state index in [0.29, 0.717) is 12.5 Å². The second kappa shape index (κ2) is 8.05. The van der Waals surface area contributed by atoms with Crippen molar-refractivity contribution in [3.05, 3.63) is 35.9 Å². The molecule has 0 atom stereocenters. The van der Waals surface area contributed by atoms with Crippen molar-refractivity contribution >= 4 is 5.91 Å². The van der Waals surface area contributed by atoms with Crippen LogP contribution in [-0.2, 0) is 11.2 Å². The number of likely N-dealkylation sites (tertiary alicyclic amines) is 1. The molecule has 0 radical (unpaired) electrons. The van der Waals surface area contributed by atoms with Crippen LogP contribution in [0.2, 0.25) is 0 Å². The zero-order valence-corrected chi connectivity index (χ0v) is 12.5. The number of aryl methyl sites for hydroxylation is 1. The quantitative estimate of drug-likeness (QED) is 0.865. The van der Waals surface area contributed by atoms with Crippen molar-refractivity contribution in [2.45, 2.75) is 45.1 Å². The van der Waals surface area contributed by atoms with Gasteiger partial charge in [0.05, 0.1) is 0 Å². The van der Waals surface area contributed by atoms with Gasteiger partial charge in [-0.05, 0) is 37.8 Å². The van der Waals surface area contributed by atoms with Crippen LogP contribution in [0.25, 0.3) is 0 Å². The largest absolute Gasteiger partial charge is 0.353 e. The summed E-state index contributed by atoms with van der Waals surface area (Å²) in [5, 5.41) is 3.18. The number of hydrogen-bond donors (Lipinski definition) is 1. The van der Waals surface area contributed by atoms with Gasteiger partial charge in [-0.2, -0.15) is 0 Å². The van der Waals surface area contributed by atoms with Gasteiger partial charge >= 0.3 is 0 Å². The number of amides is 1. The smallest absolute Gasteiger partial charge is 0.220 e. The molecule has 1 aliphatic rings. The fourth-order valence-corrected chi connectivity index (χ4v) is 2.79. The minimum absolute atomic E-state index is 0.218. The monoisotopic (exact) mass is 274 g/mol. The van der Waals surface area contributed by atoms with Gasteiger partial charge in [-0.3, -0.25) is 4.79 Å². The third kappa shape index (κ3) is 4.97. The van der Waals surface area contributed by atoms with Gasteiger partial charge in [-0.25, -0.2) is 0 Å².